The van der Waals surface area contributed by atoms with Gasteiger partial charge in [0.05, 0.1) is 6.54 Å². The van der Waals surface area contributed by atoms with Crippen LogP contribution in [0.4, 0.5) is 4.79 Å². The van der Waals surface area contributed by atoms with Gasteiger partial charge in [-0.1, -0.05) is 20.8 Å². The average Bonchev–Trinajstić information content (AvgIpc) is 2.74. The summed E-state index contributed by atoms with van der Waals surface area (Å²) in [6.07, 6.45) is 1.70. The van der Waals surface area contributed by atoms with Gasteiger partial charge in [-0.3, -0.25) is 0 Å². The summed E-state index contributed by atoms with van der Waals surface area (Å²) in [5.41, 5.74) is 4.40. The number of nitrogens with one attached hydrogen (secondary N) is 1. The van der Waals surface area contributed by atoms with Crippen molar-refractivity contribution in [2.75, 3.05) is 6.54 Å². The Labute approximate surface area is 117 Å². The van der Waals surface area contributed by atoms with Gasteiger partial charge < -0.3 is 15.0 Å². The predicted octanol–water partition coefficient (Wildman–Crippen LogP) is 2.90. The molecule has 106 valence electrons. The number of carboxylic acid groups (broad SMARTS) is 1. The fourth-order valence-electron chi connectivity index (χ4n) is 2.95. The zero-order valence-corrected chi connectivity index (χ0v) is 12.0. The summed E-state index contributed by atoms with van der Waals surface area (Å²) in [6.45, 7) is 7.53. The van der Waals surface area contributed by atoms with E-state index < -0.39 is 6.09 Å². The molecule has 0 radical (unpaired) electrons. The van der Waals surface area contributed by atoms with Crippen LogP contribution in [0.5, 0.6) is 0 Å². The molecule has 5 nitrogen and oxygen atoms in total. The third-order valence-corrected chi connectivity index (χ3v) is 3.95. The molecule has 1 amide bonds. The average molecular weight is 273 g/mol. The van der Waals surface area contributed by atoms with Crippen LogP contribution in [0.15, 0.2) is 12.3 Å². The van der Waals surface area contributed by atoms with Crippen molar-refractivity contribution in [3.05, 3.63) is 29.1 Å². The Morgan fingerprint density at radius 3 is 2.85 bits per heavy atom. The maximum absolute atomic E-state index is 11.1. The summed E-state index contributed by atoms with van der Waals surface area (Å²) >= 11 is 0. The Morgan fingerprint density at radius 1 is 1.45 bits per heavy atom. The Morgan fingerprint density at radius 2 is 2.20 bits per heavy atom. The van der Waals surface area contributed by atoms with Crippen molar-refractivity contribution in [1.29, 1.82) is 0 Å². The molecule has 0 aliphatic carbocycles. The molecular weight excluding hydrogens is 254 g/mol. The number of hydrogen-bond acceptors (Lipinski definition) is 2. The van der Waals surface area contributed by atoms with Crippen LogP contribution in [-0.4, -0.2) is 32.6 Å². The SMILES string of the molecule is CC(C)(C)c1ccnc2[nH]c3c(c12)CCN(C(=O)O)C3. The summed E-state index contributed by atoms with van der Waals surface area (Å²) in [5.74, 6) is 0. The second kappa shape index (κ2) is 4.23. The molecule has 3 heterocycles. The van der Waals surface area contributed by atoms with Crippen LogP contribution < -0.4 is 0 Å². The van der Waals surface area contributed by atoms with Crippen LogP contribution in [0, 0.1) is 0 Å². The molecule has 0 atom stereocenters. The molecule has 2 aromatic rings. The topological polar surface area (TPSA) is 69.2 Å². The number of fused-ring (bicyclic) bond motifs is 3. The molecule has 1 aliphatic rings. The zero-order chi connectivity index (χ0) is 14.5. The van der Waals surface area contributed by atoms with Gasteiger partial charge >= 0.3 is 6.09 Å². The van der Waals surface area contributed by atoms with E-state index in [0.717, 1.165) is 17.8 Å². The minimum Gasteiger partial charge on any atom is -0.465 e. The number of amides is 1. The number of aromatic amines is 1. The van der Waals surface area contributed by atoms with Gasteiger partial charge in [0.25, 0.3) is 0 Å². The number of rotatable bonds is 0. The van der Waals surface area contributed by atoms with Gasteiger partial charge in [0.1, 0.15) is 5.65 Å². The van der Waals surface area contributed by atoms with E-state index in [9.17, 15) is 4.79 Å². The number of carbonyl (C=O) groups is 1. The van der Waals surface area contributed by atoms with Gasteiger partial charge in [-0.2, -0.15) is 0 Å². The minimum atomic E-state index is -0.863. The highest BCUT2D eigenvalue weighted by Gasteiger charge is 2.27. The maximum Gasteiger partial charge on any atom is 0.407 e. The smallest absolute Gasteiger partial charge is 0.407 e. The van der Waals surface area contributed by atoms with Crippen molar-refractivity contribution in [1.82, 2.24) is 14.9 Å². The van der Waals surface area contributed by atoms with E-state index in [1.54, 1.807) is 0 Å². The quantitative estimate of drug-likeness (QED) is 0.775. The van der Waals surface area contributed by atoms with Crippen molar-refractivity contribution < 1.29 is 9.90 Å². The number of nitrogens with zero attached hydrogens (tertiary/aromatic N) is 2. The molecule has 1 aliphatic heterocycles. The van der Waals surface area contributed by atoms with Gasteiger partial charge in [-0.15, -0.1) is 0 Å². The highest BCUT2D eigenvalue weighted by Crippen LogP contribution is 2.34. The van der Waals surface area contributed by atoms with E-state index >= 15 is 0 Å². The zero-order valence-electron chi connectivity index (χ0n) is 12.0. The lowest BCUT2D eigenvalue weighted by atomic mass is 9.84. The molecule has 0 saturated carbocycles. The molecule has 0 fully saturated rings. The molecule has 2 aromatic heterocycles. The first kappa shape index (κ1) is 13.0. The fourth-order valence-corrected chi connectivity index (χ4v) is 2.95. The van der Waals surface area contributed by atoms with Crippen molar-refractivity contribution >= 4 is 17.1 Å². The first-order chi connectivity index (χ1) is 9.38. The number of aromatic nitrogens is 2. The van der Waals surface area contributed by atoms with Crippen LogP contribution in [0.25, 0.3) is 11.0 Å². The lowest BCUT2D eigenvalue weighted by Crippen LogP contribution is -2.34. The summed E-state index contributed by atoms with van der Waals surface area (Å²) in [7, 11) is 0. The van der Waals surface area contributed by atoms with Gasteiger partial charge in [0, 0.05) is 23.8 Å². The van der Waals surface area contributed by atoms with Crippen molar-refractivity contribution in [3.8, 4) is 0 Å². The molecule has 0 bridgehead atoms. The lowest BCUT2D eigenvalue weighted by molar-refractivity contribution is 0.139. The van der Waals surface area contributed by atoms with Crippen LogP contribution in [0.1, 0.15) is 37.6 Å². The van der Waals surface area contributed by atoms with Crippen molar-refractivity contribution in [2.24, 2.45) is 0 Å². The second-order valence-corrected chi connectivity index (χ2v) is 6.37. The Hall–Kier alpha value is -2.04. The van der Waals surface area contributed by atoms with Crippen molar-refractivity contribution in [2.45, 2.75) is 39.2 Å². The third kappa shape index (κ3) is 1.94. The van der Waals surface area contributed by atoms with E-state index in [0.29, 0.717) is 13.1 Å². The highest BCUT2D eigenvalue weighted by atomic mass is 16.4. The Bertz CT molecular complexity index is 682. The van der Waals surface area contributed by atoms with E-state index in [2.05, 4.69) is 36.8 Å². The van der Waals surface area contributed by atoms with E-state index in [1.165, 1.54) is 21.4 Å². The first-order valence-corrected chi connectivity index (χ1v) is 6.84. The molecule has 2 N–H and O–H groups in total. The molecule has 20 heavy (non-hydrogen) atoms. The van der Waals surface area contributed by atoms with Crippen molar-refractivity contribution in [3.63, 3.8) is 0 Å². The molecule has 0 aromatic carbocycles. The van der Waals surface area contributed by atoms with Crippen LogP contribution >= 0.6 is 0 Å². The normalized spacial score (nSPS) is 15.4. The van der Waals surface area contributed by atoms with Gasteiger partial charge in [0.15, 0.2) is 0 Å². The molecule has 5 heteroatoms. The fraction of sp³-hybridized carbons (Fsp3) is 0.467. The number of H-pyrrole nitrogens is 1. The Kier molecular flexibility index (Phi) is 2.74. The van der Waals surface area contributed by atoms with E-state index in [4.69, 9.17) is 5.11 Å². The van der Waals surface area contributed by atoms with E-state index in [-0.39, 0.29) is 5.41 Å². The molecule has 3 rings (SSSR count). The molecule has 0 saturated heterocycles. The third-order valence-electron chi connectivity index (χ3n) is 3.95. The summed E-state index contributed by atoms with van der Waals surface area (Å²) in [6, 6.07) is 2.07. The predicted molar refractivity (Wildman–Crippen MR) is 76.9 cm³/mol. The number of pyridine rings is 1. The monoisotopic (exact) mass is 273 g/mol. The van der Waals surface area contributed by atoms with Crippen LogP contribution in [-0.2, 0) is 18.4 Å². The molecule has 0 unspecified atom stereocenters. The Balaban J connectivity index is 2.17. The summed E-state index contributed by atoms with van der Waals surface area (Å²) < 4.78 is 0. The standard InChI is InChI=1S/C15H19N3O2/c1-15(2,3)10-4-6-16-13-12(10)9-5-7-18(14(19)20)8-11(9)17-13/h4,6H,5,7-8H2,1-3H3,(H,16,17)(H,19,20). The summed E-state index contributed by atoms with van der Waals surface area (Å²) in [4.78, 5) is 20.2. The minimum absolute atomic E-state index is 0.0427. The lowest BCUT2D eigenvalue weighted by Gasteiger charge is -2.25. The van der Waals surface area contributed by atoms with E-state index in [1.807, 2.05) is 6.20 Å². The maximum atomic E-state index is 11.1. The van der Waals surface area contributed by atoms with Crippen LogP contribution in [0.3, 0.4) is 0 Å². The molecule has 0 spiro atoms. The van der Waals surface area contributed by atoms with Gasteiger partial charge in [0.2, 0.25) is 0 Å². The second-order valence-electron chi connectivity index (χ2n) is 6.37. The largest absolute Gasteiger partial charge is 0.465 e. The molecular formula is C15H19N3O2. The first-order valence-electron chi connectivity index (χ1n) is 6.84. The van der Waals surface area contributed by atoms with Crippen LogP contribution in [0.2, 0.25) is 0 Å². The summed E-state index contributed by atoms with van der Waals surface area (Å²) in [5, 5.41) is 10.3. The number of hydrogen-bond donors (Lipinski definition) is 2. The van der Waals surface area contributed by atoms with Gasteiger partial charge in [-0.05, 0) is 29.0 Å². The van der Waals surface area contributed by atoms with Gasteiger partial charge in [-0.25, -0.2) is 9.78 Å². The highest BCUT2D eigenvalue weighted by molar-refractivity contribution is 5.86.